The lowest BCUT2D eigenvalue weighted by atomic mass is 10.0. The van der Waals surface area contributed by atoms with Gasteiger partial charge in [0.15, 0.2) is 17.3 Å². The van der Waals surface area contributed by atoms with Crippen molar-refractivity contribution in [3.63, 3.8) is 0 Å². The highest BCUT2D eigenvalue weighted by atomic mass is 16.7. The predicted molar refractivity (Wildman–Crippen MR) is 145 cm³/mol. The number of hydrogen-bond donors (Lipinski definition) is 1. The van der Waals surface area contributed by atoms with Crippen LogP contribution in [0.15, 0.2) is 42.5 Å². The van der Waals surface area contributed by atoms with E-state index < -0.39 is 0 Å². The van der Waals surface area contributed by atoms with E-state index in [1.165, 1.54) is 16.7 Å². The van der Waals surface area contributed by atoms with Gasteiger partial charge in [0.25, 0.3) is 0 Å². The molecule has 38 heavy (non-hydrogen) atoms. The molecule has 0 spiro atoms. The van der Waals surface area contributed by atoms with E-state index in [2.05, 4.69) is 56.4 Å². The monoisotopic (exact) mass is 515 g/mol. The van der Waals surface area contributed by atoms with Gasteiger partial charge in [-0.15, -0.1) is 0 Å². The van der Waals surface area contributed by atoms with Crippen LogP contribution < -0.4 is 34.4 Å². The average molecular weight is 516 g/mol. The third kappa shape index (κ3) is 4.23. The molecule has 4 aliphatic heterocycles. The molecule has 1 atom stereocenters. The number of hydrazine groups is 1. The van der Waals surface area contributed by atoms with Crippen LogP contribution in [0.4, 0.5) is 17.6 Å². The van der Waals surface area contributed by atoms with Crippen molar-refractivity contribution >= 4 is 17.6 Å². The van der Waals surface area contributed by atoms with Crippen molar-refractivity contribution < 1.29 is 14.2 Å². The molecule has 0 aliphatic carbocycles. The van der Waals surface area contributed by atoms with E-state index in [-0.39, 0.29) is 6.04 Å². The zero-order valence-corrected chi connectivity index (χ0v) is 21.9. The Bertz CT molecular complexity index is 1330. The van der Waals surface area contributed by atoms with Gasteiger partial charge >= 0.3 is 0 Å². The molecule has 0 bridgehead atoms. The molecule has 1 unspecified atom stereocenters. The highest BCUT2D eigenvalue weighted by Crippen LogP contribution is 2.43. The molecule has 0 amide bonds. The van der Waals surface area contributed by atoms with E-state index in [1.807, 2.05) is 18.2 Å². The molecule has 3 aromatic rings. The summed E-state index contributed by atoms with van der Waals surface area (Å²) < 4.78 is 16.3. The van der Waals surface area contributed by atoms with Crippen LogP contribution in [0.25, 0.3) is 0 Å². The first-order valence-electron chi connectivity index (χ1n) is 13.3. The summed E-state index contributed by atoms with van der Waals surface area (Å²) in [6.07, 6.45) is 1.03. The van der Waals surface area contributed by atoms with Crippen LogP contribution in [0.3, 0.4) is 0 Å². The Labute approximate surface area is 222 Å². The van der Waals surface area contributed by atoms with Crippen molar-refractivity contribution in [3.05, 3.63) is 59.2 Å². The zero-order valence-electron chi connectivity index (χ0n) is 21.9. The third-order valence-corrected chi connectivity index (χ3v) is 7.93. The topological polar surface area (TPSA) is 78.5 Å². The van der Waals surface area contributed by atoms with E-state index >= 15 is 0 Å². The van der Waals surface area contributed by atoms with Crippen molar-refractivity contribution in [2.24, 2.45) is 0 Å². The molecule has 2 aromatic carbocycles. The Kier molecular flexibility index (Phi) is 5.85. The number of aromatic nitrogens is 2. The summed E-state index contributed by atoms with van der Waals surface area (Å²) in [5.41, 5.74) is 7.29. The standard InChI is InChI=1S/C28H33N7O3/c1-32-26-25-22(31-32)9-10-35(17-19-3-6-21(36-2)7-4-19)27(25)30-28(29-26)34-13-11-33(12-14-34)16-20-5-8-23-24(15-20)38-18-37-23/h3-8,15,22,31H,9-14,16-18H2,1-2H3. The van der Waals surface area contributed by atoms with Crippen LogP contribution in [0.1, 0.15) is 29.2 Å². The summed E-state index contributed by atoms with van der Waals surface area (Å²) in [6.45, 7) is 6.65. The first-order valence-corrected chi connectivity index (χ1v) is 13.3. The second-order valence-corrected chi connectivity index (χ2v) is 10.3. The van der Waals surface area contributed by atoms with Crippen molar-refractivity contribution in [2.75, 3.05) is 68.5 Å². The lowest BCUT2D eigenvalue weighted by Crippen LogP contribution is -2.46. The fourth-order valence-electron chi connectivity index (χ4n) is 5.85. The number of anilines is 3. The Balaban J connectivity index is 1.09. The maximum atomic E-state index is 5.55. The number of benzene rings is 2. The Morgan fingerprint density at radius 2 is 1.66 bits per heavy atom. The molecule has 1 aromatic heterocycles. The second kappa shape index (κ2) is 9.52. The van der Waals surface area contributed by atoms with Crippen molar-refractivity contribution in [1.29, 1.82) is 0 Å². The molecular formula is C28H33N7O3. The van der Waals surface area contributed by atoms with Gasteiger partial charge in [-0.2, -0.15) is 9.97 Å². The van der Waals surface area contributed by atoms with Crippen LogP contribution in [-0.4, -0.2) is 68.5 Å². The van der Waals surface area contributed by atoms with Crippen LogP contribution in [-0.2, 0) is 13.1 Å². The van der Waals surface area contributed by atoms with Gasteiger partial charge in [-0.25, -0.2) is 5.43 Å². The van der Waals surface area contributed by atoms with Gasteiger partial charge in [-0.05, 0) is 41.8 Å². The Morgan fingerprint density at radius 3 is 2.47 bits per heavy atom. The summed E-state index contributed by atoms with van der Waals surface area (Å²) in [6, 6.07) is 14.8. The number of fused-ring (bicyclic) bond motifs is 1. The second-order valence-electron chi connectivity index (χ2n) is 10.3. The number of ether oxygens (including phenoxy) is 3. The first kappa shape index (κ1) is 23.4. The minimum Gasteiger partial charge on any atom is -0.497 e. The summed E-state index contributed by atoms with van der Waals surface area (Å²) in [7, 11) is 3.76. The summed E-state index contributed by atoms with van der Waals surface area (Å²) >= 11 is 0. The molecule has 5 heterocycles. The van der Waals surface area contributed by atoms with Gasteiger partial charge in [-0.3, -0.25) is 9.91 Å². The van der Waals surface area contributed by atoms with Gasteiger partial charge in [0.05, 0.1) is 18.7 Å². The van der Waals surface area contributed by atoms with Crippen LogP contribution in [0.5, 0.6) is 17.2 Å². The molecule has 1 saturated heterocycles. The van der Waals surface area contributed by atoms with E-state index in [1.54, 1.807) is 7.11 Å². The predicted octanol–water partition coefficient (Wildman–Crippen LogP) is 2.94. The van der Waals surface area contributed by atoms with E-state index in [0.717, 1.165) is 87.1 Å². The smallest absolute Gasteiger partial charge is 0.231 e. The number of hydrogen-bond acceptors (Lipinski definition) is 10. The highest BCUT2D eigenvalue weighted by Gasteiger charge is 2.38. The number of piperazine rings is 1. The molecule has 4 aliphatic rings. The minimum atomic E-state index is 0.268. The van der Waals surface area contributed by atoms with Gasteiger partial charge in [-0.1, -0.05) is 18.2 Å². The van der Waals surface area contributed by atoms with Crippen LogP contribution in [0.2, 0.25) is 0 Å². The molecule has 198 valence electrons. The molecule has 7 rings (SSSR count). The van der Waals surface area contributed by atoms with Gasteiger partial charge in [0, 0.05) is 52.9 Å². The molecule has 10 nitrogen and oxygen atoms in total. The maximum absolute atomic E-state index is 5.55. The highest BCUT2D eigenvalue weighted by molar-refractivity contribution is 5.68. The normalized spacial score (nSPS) is 20.2. The van der Waals surface area contributed by atoms with Crippen molar-refractivity contribution in [3.8, 4) is 17.2 Å². The largest absolute Gasteiger partial charge is 0.497 e. The van der Waals surface area contributed by atoms with E-state index in [0.29, 0.717) is 6.79 Å². The Morgan fingerprint density at radius 1 is 0.895 bits per heavy atom. The molecular weight excluding hydrogens is 482 g/mol. The third-order valence-electron chi connectivity index (χ3n) is 7.93. The first-order chi connectivity index (χ1) is 18.6. The Hall–Kier alpha value is -3.76. The van der Waals surface area contributed by atoms with Crippen LogP contribution >= 0.6 is 0 Å². The quantitative estimate of drug-likeness (QED) is 0.529. The zero-order chi connectivity index (χ0) is 25.6. The number of nitrogens with one attached hydrogen (secondary N) is 1. The maximum Gasteiger partial charge on any atom is 0.231 e. The van der Waals surface area contributed by atoms with Crippen LogP contribution in [0, 0.1) is 0 Å². The minimum absolute atomic E-state index is 0.268. The van der Waals surface area contributed by atoms with Gasteiger partial charge < -0.3 is 24.0 Å². The van der Waals surface area contributed by atoms with E-state index in [4.69, 9.17) is 24.2 Å². The molecule has 10 heteroatoms. The lowest BCUT2D eigenvalue weighted by Gasteiger charge is -2.36. The number of rotatable bonds is 6. The lowest BCUT2D eigenvalue weighted by molar-refractivity contribution is 0.174. The molecule has 0 radical (unpaired) electrons. The fraction of sp³-hybridized carbons (Fsp3) is 0.429. The number of methoxy groups -OCH3 is 1. The van der Waals surface area contributed by atoms with E-state index in [9.17, 15) is 0 Å². The van der Waals surface area contributed by atoms with Gasteiger partial charge in [0.2, 0.25) is 12.7 Å². The molecule has 1 fully saturated rings. The fourth-order valence-corrected chi connectivity index (χ4v) is 5.85. The molecule has 0 saturated carbocycles. The van der Waals surface area contributed by atoms with Crippen molar-refractivity contribution in [1.82, 2.24) is 20.3 Å². The van der Waals surface area contributed by atoms with Crippen molar-refractivity contribution in [2.45, 2.75) is 25.6 Å². The summed E-state index contributed by atoms with van der Waals surface area (Å²) in [5.74, 6) is 5.42. The molecule has 1 N–H and O–H groups in total. The summed E-state index contributed by atoms with van der Waals surface area (Å²) in [4.78, 5) is 17.4. The SMILES string of the molecule is COc1ccc(CN2CCC3NN(C)c4nc(N5CCN(Cc6ccc7c(c6)OCO7)CC5)nc2c43)cc1. The number of nitrogens with zero attached hydrogens (tertiary/aromatic N) is 6. The summed E-state index contributed by atoms with van der Waals surface area (Å²) in [5, 5.41) is 2.07. The van der Waals surface area contributed by atoms with Gasteiger partial charge in [0.1, 0.15) is 11.6 Å². The average Bonchev–Trinajstić information content (AvgIpc) is 3.55.